The maximum absolute atomic E-state index is 9.47. The number of nitrogens with zero attached hydrogens (tertiary/aromatic N) is 1. The number of rotatable bonds is 2. The maximum Gasteiger partial charge on any atom is 0.156 e. The van der Waals surface area contributed by atoms with Gasteiger partial charge in [0.2, 0.25) is 0 Å². The number of nitrogens with one attached hydrogen (secondary N) is 1. The lowest BCUT2D eigenvalue weighted by Crippen LogP contribution is -2.48. The third-order valence-corrected chi connectivity index (χ3v) is 3.27. The van der Waals surface area contributed by atoms with E-state index in [0.29, 0.717) is 19.3 Å². The van der Waals surface area contributed by atoms with Crippen molar-refractivity contribution in [3.63, 3.8) is 0 Å². The average molecular weight is 214 g/mol. The molecule has 3 rings (SSSR count). The molecule has 16 heavy (non-hydrogen) atoms. The van der Waals surface area contributed by atoms with Crippen LogP contribution in [0.1, 0.15) is 24.0 Å². The highest BCUT2D eigenvalue weighted by Gasteiger charge is 2.41. The number of hydrogen-bond donors (Lipinski definition) is 1. The minimum absolute atomic E-state index is 0.455. The molecule has 1 fully saturated rings. The number of ether oxygens (including phenoxy) is 1. The van der Waals surface area contributed by atoms with Gasteiger partial charge in [-0.15, -0.1) is 0 Å². The number of fused-ring (bicyclic) bond motifs is 1. The normalized spacial score (nSPS) is 28.2. The molecule has 0 saturated heterocycles. The van der Waals surface area contributed by atoms with Gasteiger partial charge in [-0.3, -0.25) is 5.32 Å². The van der Waals surface area contributed by atoms with Crippen LogP contribution in [0.3, 0.4) is 0 Å². The lowest BCUT2D eigenvalue weighted by atomic mass is 9.86. The van der Waals surface area contributed by atoms with Crippen LogP contribution < -0.4 is 5.32 Å². The van der Waals surface area contributed by atoms with Crippen molar-refractivity contribution in [3.05, 3.63) is 35.4 Å². The van der Waals surface area contributed by atoms with E-state index in [4.69, 9.17) is 4.74 Å². The van der Waals surface area contributed by atoms with Gasteiger partial charge in [0.05, 0.1) is 19.3 Å². The second kappa shape index (κ2) is 3.58. The Morgan fingerprint density at radius 3 is 2.94 bits per heavy atom. The van der Waals surface area contributed by atoms with E-state index in [1.165, 1.54) is 12.8 Å². The van der Waals surface area contributed by atoms with Crippen LogP contribution in [0.25, 0.3) is 0 Å². The summed E-state index contributed by atoms with van der Waals surface area (Å²) in [6.45, 7) is 1.07. The molecule has 0 amide bonds. The van der Waals surface area contributed by atoms with Crippen LogP contribution in [0.5, 0.6) is 0 Å². The molecule has 1 aromatic carbocycles. The SMILES string of the molecule is N#CC1(NC2CC2)COCc2ccccc21. The van der Waals surface area contributed by atoms with Crippen molar-refractivity contribution in [2.75, 3.05) is 6.61 Å². The first-order valence-electron chi connectivity index (χ1n) is 5.69. The van der Waals surface area contributed by atoms with Crippen molar-refractivity contribution in [1.29, 1.82) is 5.26 Å². The minimum atomic E-state index is -0.629. The first-order chi connectivity index (χ1) is 7.84. The number of benzene rings is 1. The summed E-state index contributed by atoms with van der Waals surface area (Å²) in [5, 5.41) is 12.9. The van der Waals surface area contributed by atoms with Gasteiger partial charge >= 0.3 is 0 Å². The first-order valence-corrected chi connectivity index (χ1v) is 5.69. The van der Waals surface area contributed by atoms with Gasteiger partial charge in [0.1, 0.15) is 0 Å². The van der Waals surface area contributed by atoms with E-state index in [2.05, 4.69) is 11.4 Å². The van der Waals surface area contributed by atoms with Crippen molar-refractivity contribution in [3.8, 4) is 6.07 Å². The molecule has 0 aromatic heterocycles. The Hall–Kier alpha value is -1.37. The molecule has 82 valence electrons. The molecular formula is C13H14N2O. The minimum Gasteiger partial charge on any atom is -0.373 e. The molecule has 2 aliphatic rings. The lowest BCUT2D eigenvalue weighted by molar-refractivity contribution is 0.0575. The van der Waals surface area contributed by atoms with Gasteiger partial charge in [-0.25, -0.2) is 0 Å². The molecule has 3 nitrogen and oxygen atoms in total. The van der Waals surface area contributed by atoms with E-state index in [9.17, 15) is 5.26 Å². The van der Waals surface area contributed by atoms with Gasteiger partial charge < -0.3 is 4.74 Å². The molecule has 1 aliphatic heterocycles. The molecule has 1 saturated carbocycles. The van der Waals surface area contributed by atoms with Crippen LogP contribution in [0.2, 0.25) is 0 Å². The standard InChI is InChI=1S/C13H14N2O/c14-8-13(15-11-5-6-11)9-16-7-10-3-1-2-4-12(10)13/h1-4,11,15H,5-7,9H2. The second-order valence-corrected chi connectivity index (χ2v) is 4.59. The van der Waals surface area contributed by atoms with Crippen LogP contribution in [0.15, 0.2) is 24.3 Å². The molecule has 1 atom stereocenters. The van der Waals surface area contributed by atoms with E-state index < -0.39 is 5.54 Å². The molecule has 1 heterocycles. The summed E-state index contributed by atoms with van der Waals surface area (Å²) in [7, 11) is 0. The van der Waals surface area contributed by atoms with Crippen molar-refractivity contribution in [2.24, 2.45) is 0 Å². The summed E-state index contributed by atoms with van der Waals surface area (Å²) in [6.07, 6.45) is 2.34. The fourth-order valence-corrected chi connectivity index (χ4v) is 2.27. The van der Waals surface area contributed by atoms with Gasteiger partial charge in [0.15, 0.2) is 5.54 Å². The summed E-state index contributed by atoms with van der Waals surface area (Å²) in [5.74, 6) is 0. The van der Waals surface area contributed by atoms with Crippen LogP contribution in [0, 0.1) is 11.3 Å². The fourth-order valence-electron chi connectivity index (χ4n) is 2.27. The Morgan fingerprint density at radius 1 is 1.38 bits per heavy atom. The number of hydrogen-bond acceptors (Lipinski definition) is 3. The van der Waals surface area contributed by atoms with Gasteiger partial charge in [-0.2, -0.15) is 5.26 Å². The molecular weight excluding hydrogens is 200 g/mol. The van der Waals surface area contributed by atoms with E-state index in [0.717, 1.165) is 11.1 Å². The molecule has 1 N–H and O–H groups in total. The third-order valence-electron chi connectivity index (χ3n) is 3.27. The Kier molecular flexibility index (Phi) is 2.20. The van der Waals surface area contributed by atoms with Crippen LogP contribution >= 0.6 is 0 Å². The summed E-state index contributed by atoms with van der Waals surface area (Å²) in [4.78, 5) is 0. The van der Waals surface area contributed by atoms with Crippen molar-refractivity contribution >= 4 is 0 Å². The highest BCUT2D eigenvalue weighted by atomic mass is 16.5. The molecule has 0 radical (unpaired) electrons. The lowest BCUT2D eigenvalue weighted by Gasteiger charge is -2.34. The van der Waals surface area contributed by atoms with Gasteiger partial charge in [-0.1, -0.05) is 24.3 Å². The zero-order valence-corrected chi connectivity index (χ0v) is 9.07. The largest absolute Gasteiger partial charge is 0.373 e. The second-order valence-electron chi connectivity index (χ2n) is 4.59. The number of nitriles is 1. The van der Waals surface area contributed by atoms with Crippen molar-refractivity contribution in [2.45, 2.75) is 31.0 Å². The molecule has 1 unspecified atom stereocenters. The Bertz CT molecular complexity index is 447. The zero-order chi connectivity index (χ0) is 11.0. The Balaban J connectivity index is 2.03. The van der Waals surface area contributed by atoms with Crippen LogP contribution in [-0.4, -0.2) is 12.6 Å². The summed E-state index contributed by atoms with van der Waals surface area (Å²) < 4.78 is 5.55. The zero-order valence-electron chi connectivity index (χ0n) is 9.07. The summed E-state index contributed by atoms with van der Waals surface area (Å²) >= 11 is 0. The van der Waals surface area contributed by atoms with Crippen LogP contribution in [-0.2, 0) is 16.9 Å². The van der Waals surface area contributed by atoms with E-state index in [-0.39, 0.29) is 0 Å². The summed E-state index contributed by atoms with van der Waals surface area (Å²) in [5.41, 5.74) is 1.59. The molecule has 1 aromatic rings. The highest BCUT2D eigenvalue weighted by molar-refractivity contribution is 5.40. The van der Waals surface area contributed by atoms with Gasteiger partial charge in [0, 0.05) is 6.04 Å². The predicted molar refractivity (Wildman–Crippen MR) is 59.5 cm³/mol. The average Bonchev–Trinajstić information content (AvgIpc) is 3.13. The first kappa shape index (κ1) is 9.83. The van der Waals surface area contributed by atoms with Crippen molar-refractivity contribution < 1.29 is 4.74 Å². The molecule has 0 spiro atoms. The van der Waals surface area contributed by atoms with Crippen LogP contribution in [0.4, 0.5) is 0 Å². The van der Waals surface area contributed by atoms with E-state index in [1.54, 1.807) is 0 Å². The maximum atomic E-state index is 9.47. The van der Waals surface area contributed by atoms with E-state index >= 15 is 0 Å². The van der Waals surface area contributed by atoms with Gasteiger partial charge in [0.25, 0.3) is 0 Å². The third kappa shape index (κ3) is 1.51. The highest BCUT2D eigenvalue weighted by Crippen LogP contribution is 2.33. The molecule has 1 aliphatic carbocycles. The molecule has 0 bridgehead atoms. The molecule has 3 heteroatoms. The summed E-state index contributed by atoms with van der Waals surface area (Å²) in [6, 6.07) is 11.0. The van der Waals surface area contributed by atoms with E-state index in [1.807, 2.05) is 24.3 Å². The quantitative estimate of drug-likeness (QED) is 0.814. The van der Waals surface area contributed by atoms with Crippen molar-refractivity contribution in [1.82, 2.24) is 5.32 Å². The topological polar surface area (TPSA) is 45.0 Å². The smallest absolute Gasteiger partial charge is 0.156 e. The Labute approximate surface area is 95.0 Å². The Morgan fingerprint density at radius 2 is 2.19 bits per heavy atom. The predicted octanol–water partition coefficient (Wildman–Crippen LogP) is 1.69. The monoisotopic (exact) mass is 214 g/mol. The fraction of sp³-hybridized carbons (Fsp3) is 0.462. The van der Waals surface area contributed by atoms with Gasteiger partial charge in [-0.05, 0) is 24.0 Å².